The quantitative estimate of drug-likeness (QED) is 0.361. The lowest BCUT2D eigenvalue weighted by Crippen LogP contribution is -2.37. The largest absolute Gasteiger partial charge is 0.416 e. The number of carbonyl (C=O) groups is 1. The Morgan fingerprint density at radius 2 is 1.59 bits per heavy atom. The summed E-state index contributed by atoms with van der Waals surface area (Å²) in [6, 6.07) is 12.1. The summed E-state index contributed by atoms with van der Waals surface area (Å²) in [5.74, 6) is -1.40. The molecule has 3 aromatic carbocycles. The molecule has 0 heterocycles. The van der Waals surface area contributed by atoms with Crippen molar-refractivity contribution in [2.75, 3.05) is 4.31 Å². The van der Waals surface area contributed by atoms with Crippen LogP contribution in [-0.2, 0) is 16.2 Å². The summed E-state index contributed by atoms with van der Waals surface area (Å²) in [4.78, 5) is 23.3. The van der Waals surface area contributed by atoms with E-state index in [-0.39, 0.29) is 9.33 Å². The molecule has 166 valence electrons. The van der Waals surface area contributed by atoms with Crippen molar-refractivity contribution in [3.63, 3.8) is 0 Å². The second-order valence-electron chi connectivity index (χ2n) is 6.35. The number of nitrogens with zero attached hydrogens (tertiary/aromatic N) is 2. The van der Waals surface area contributed by atoms with Gasteiger partial charge in [-0.05, 0) is 48.5 Å². The van der Waals surface area contributed by atoms with Crippen LogP contribution in [0.15, 0.2) is 77.7 Å². The van der Waals surface area contributed by atoms with E-state index >= 15 is 0 Å². The molecule has 0 atom stereocenters. The van der Waals surface area contributed by atoms with Gasteiger partial charge in [-0.2, -0.15) is 17.5 Å². The number of hydrogen-bond donors (Lipinski definition) is 0. The Morgan fingerprint density at radius 1 is 0.969 bits per heavy atom. The van der Waals surface area contributed by atoms with Crippen molar-refractivity contribution in [1.82, 2.24) is 0 Å². The highest BCUT2D eigenvalue weighted by Crippen LogP contribution is 2.35. The molecule has 0 saturated carbocycles. The molecule has 1 amide bonds. The Balaban J connectivity index is 2.27. The Hall–Kier alpha value is -3.44. The van der Waals surface area contributed by atoms with Crippen LogP contribution in [0.5, 0.6) is 0 Å². The van der Waals surface area contributed by atoms with Gasteiger partial charge >= 0.3 is 6.18 Å². The fourth-order valence-electron chi connectivity index (χ4n) is 2.81. The molecule has 0 aromatic heterocycles. The van der Waals surface area contributed by atoms with Crippen LogP contribution in [0.25, 0.3) is 0 Å². The predicted molar refractivity (Wildman–Crippen MR) is 110 cm³/mol. The highest BCUT2D eigenvalue weighted by atomic mass is 35.5. The van der Waals surface area contributed by atoms with E-state index in [2.05, 4.69) is 0 Å². The number of nitro groups is 1. The van der Waals surface area contributed by atoms with Gasteiger partial charge in [0.25, 0.3) is 21.6 Å². The van der Waals surface area contributed by atoms with Crippen molar-refractivity contribution >= 4 is 38.9 Å². The van der Waals surface area contributed by atoms with Gasteiger partial charge in [-0.3, -0.25) is 14.9 Å². The Kier molecular flexibility index (Phi) is 6.24. The molecule has 7 nitrogen and oxygen atoms in total. The normalized spacial score (nSPS) is 11.8. The first-order valence-electron chi connectivity index (χ1n) is 8.69. The van der Waals surface area contributed by atoms with E-state index in [0.717, 1.165) is 36.4 Å². The van der Waals surface area contributed by atoms with Gasteiger partial charge in [0.1, 0.15) is 5.56 Å². The first kappa shape index (κ1) is 23.2. The number of halogens is 4. The third kappa shape index (κ3) is 4.58. The summed E-state index contributed by atoms with van der Waals surface area (Å²) in [7, 11) is -4.79. The number of sulfonamides is 1. The number of amides is 1. The summed E-state index contributed by atoms with van der Waals surface area (Å²) >= 11 is 5.77. The smallest absolute Gasteiger partial charge is 0.267 e. The first-order valence-corrected chi connectivity index (χ1v) is 10.5. The summed E-state index contributed by atoms with van der Waals surface area (Å²) in [5.41, 5.74) is -3.17. The molecule has 12 heteroatoms. The molecular weight excluding hydrogens is 473 g/mol. The molecule has 0 bridgehead atoms. The van der Waals surface area contributed by atoms with Gasteiger partial charge in [-0.25, -0.2) is 8.42 Å². The second-order valence-corrected chi connectivity index (χ2v) is 8.57. The summed E-state index contributed by atoms with van der Waals surface area (Å²) in [5, 5.41) is 11.5. The average molecular weight is 485 g/mol. The number of carbonyl (C=O) groups excluding carboxylic acids is 1. The topological polar surface area (TPSA) is 97.6 Å². The Labute approximate surface area is 184 Å². The minimum Gasteiger partial charge on any atom is -0.267 e. The van der Waals surface area contributed by atoms with Crippen molar-refractivity contribution in [3.8, 4) is 0 Å². The van der Waals surface area contributed by atoms with Gasteiger partial charge in [0.15, 0.2) is 0 Å². The minimum atomic E-state index is -4.83. The van der Waals surface area contributed by atoms with E-state index in [0.29, 0.717) is 12.1 Å². The van der Waals surface area contributed by atoms with E-state index < -0.39 is 54.4 Å². The van der Waals surface area contributed by atoms with E-state index in [1.165, 1.54) is 24.3 Å². The molecule has 3 aromatic rings. The van der Waals surface area contributed by atoms with Gasteiger partial charge in [0.05, 0.1) is 21.1 Å². The molecule has 0 aliphatic carbocycles. The lowest BCUT2D eigenvalue weighted by atomic mass is 10.1. The lowest BCUT2D eigenvalue weighted by molar-refractivity contribution is -0.385. The molecule has 0 spiro atoms. The third-order valence-corrected chi connectivity index (χ3v) is 6.25. The van der Waals surface area contributed by atoms with Crippen LogP contribution in [0.2, 0.25) is 5.02 Å². The van der Waals surface area contributed by atoms with E-state index in [1.807, 2.05) is 0 Å². The molecule has 0 unspecified atom stereocenters. The number of nitro benzene ring substituents is 1. The number of anilines is 1. The Morgan fingerprint density at radius 3 is 2.19 bits per heavy atom. The van der Waals surface area contributed by atoms with Crippen LogP contribution in [0, 0.1) is 10.1 Å². The van der Waals surface area contributed by atoms with Crippen molar-refractivity contribution in [2.24, 2.45) is 0 Å². The minimum absolute atomic E-state index is 0.105. The molecule has 0 saturated heterocycles. The predicted octanol–water partition coefficient (Wildman–Crippen LogP) is 5.30. The maximum absolute atomic E-state index is 13.3. The monoisotopic (exact) mass is 484 g/mol. The van der Waals surface area contributed by atoms with Crippen LogP contribution in [0.1, 0.15) is 15.9 Å². The zero-order valence-corrected chi connectivity index (χ0v) is 17.4. The van der Waals surface area contributed by atoms with Gasteiger partial charge in [0, 0.05) is 11.1 Å². The highest BCUT2D eigenvalue weighted by Gasteiger charge is 2.37. The molecule has 32 heavy (non-hydrogen) atoms. The zero-order valence-electron chi connectivity index (χ0n) is 15.8. The molecule has 0 aliphatic rings. The van der Waals surface area contributed by atoms with Crippen LogP contribution >= 0.6 is 11.6 Å². The second kappa shape index (κ2) is 8.60. The molecular formula is C20H12ClF3N2O5S. The molecule has 0 aliphatic heterocycles. The number of rotatable bonds is 5. The van der Waals surface area contributed by atoms with Crippen LogP contribution in [0.3, 0.4) is 0 Å². The number of para-hydroxylation sites is 1. The van der Waals surface area contributed by atoms with Crippen molar-refractivity contribution in [1.29, 1.82) is 0 Å². The maximum atomic E-state index is 13.3. The highest BCUT2D eigenvalue weighted by molar-refractivity contribution is 7.93. The molecule has 3 rings (SSSR count). The van der Waals surface area contributed by atoms with Gasteiger partial charge in [-0.15, -0.1) is 0 Å². The zero-order chi connectivity index (χ0) is 23.7. The summed E-state index contributed by atoms with van der Waals surface area (Å²) in [6.07, 6.45) is -4.83. The SMILES string of the molecule is O=C(c1ccccc1[N+](=O)[O-])N(c1cccc(C(F)(F)F)c1)S(=O)(=O)c1ccc(Cl)cc1. The summed E-state index contributed by atoms with van der Waals surface area (Å²) < 4.78 is 66.4. The van der Waals surface area contributed by atoms with E-state index in [1.54, 1.807) is 0 Å². The van der Waals surface area contributed by atoms with Crippen LogP contribution < -0.4 is 4.31 Å². The van der Waals surface area contributed by atoms with Gasteiger partial charge in [-0.1, -0.05) is 29.8 Å². The fraction of sp³-hybridized carbons (Fsp3) is 0.0500. The Bertz CT molecular complexity index is 1300. The number of alkyl halides is 3. The molecule has 0 fully saturated rings. The van der Waals surface area contributed by atoms with E-state index in [4.69, 9.17) is 11.6 Å². The van der Waals surface area contributed by atoms with Gasteiger partial charge in [0.2, 0.25) is 0 Å². The van der Waals surface area contributed by atoms with Crippen molar-refractivity contribution in [2.45, 2.75) is 11.1 Å². The average Bonchev–Trinajstić information content (AvgIpc) is 2.73. The first-order chi connectivity index (χ1) is 14.9. The van der Waals surface area contributed by atoms with Crippen LogP contribution in [0.4, 0.5) is 24.5 Å². The van der Waals surface area contributed by atoms with Crippen molar-refractivity contribution < 1.29 is 31.3 Å². The molecule has 0 N–H and O–H groups in total. The number of hydrogen-bond acceptors (Lipinski definition) is 5. The van der Waals surface area contributed by atoms with Crippen molar-refractivity contribution in [3.05, 3.63) is 99.1 Å². The van der Waals surface area contributed by atoms with E-state index in [9.17, 15) is 36.5 Å². The maximum Gasteiger partial charge on any atom is 0.416 e. The fourth-order valence-corrected chi connectivity index (χ4v) is 4.33. The molecule has 0 radical (unpaired) electrons. The third-order valence-electron chi connectivity index (χ3n) is 4.28. The van der Waals surface area contributed by atoms with Gasteiger partial charge < -0.3 is 0 Å². The lowest BCUT2D eigenvalue weighted by Gasteiger charge is -2.23. The van der Waals surface area contributed by atoms with Crippen LogP contribution in [-0.4, -0.2) is 19.2 Å². The number of benzene rings is 3. The summed E-state index contributed by atoms with van der Waals surface area (Å²) in [6.45, 7) is 0. The standard InChI is InChI=1S/C20H12ClF3N2O5S/c21-14-8-10-16(11-9-14)32(30,31)25(15-5-3-4-13(12-15)20(22,23)24)19(27)17-6-1-2-7-18(17)26(28)29/h1-12H.